The normalized spacial score (nSPS) is 18.8. The van der Waals surface area contributed by atoms with Gasteiger partial charge in [0.2, 0.25) is 0 Å². The number of nitrogens with one attached hydrogen (secondary N) is 3. The highest BCUT2D eigenvalue weighted by atomic mass is 16.5. The number of carbonyl (C=O) groups excluding carboxylic acids is 2. The van der Waals surface area contributed by atoms with E-state index in [9.17, 15) is 19.8 Å². The second-order valence-electron chi connectivity index (χ2n) is 15.0. The molecule has 53 heavy (non-hydrogen) atoms. The lowest BCUT2D eigenvalue weighted by atomic mass is 9.71. The van der Waals surface area contributed by atoms with Crippen LogP contribution in [0, 0.1) is 5.92 Å². The topological polar surface area (TPSA) is 127 Å². The van der Waals surface area contributed by atoms with Crippen LogP contribution in [0.5, 0.6) is 17.2 Å². The van der Waals surface area contributed by atoms with E-state index in [4.69, 9.17) is 4.74 Å². The fraction of sp³-hybridized carbons (Fsp3) is 0.333. The van der Waals surface area contributed by atoms with E-state index in [-0.39, 0.29) is 41.8 Å². The lowest BCUT2D eigenvalue weighted by Gasteiger charge is -2.32. The van der Waals surface area contributed by atoms with Crippen LogP contribution >= 0.6 is 0 Å². The first-order valence-electron chi connectivity index (χ1n) is 19.1. The van der Waals surface area contributed by atoms with Crippen molar-refractivity contribution in [1.29, 1.82) is 0 Å². The molecule has 4 heterocycles. The molecule has 2 atom stereocenters. The zero-order chi connectivity index (χ0) is 36.3. The highest BCUT2D eigenvalue weighted by molar-refractivity contribution is 6.02. The number of ether oxygens (including phenoxy) is 1. The first-order valence-corrected chi connectivity index (χ1v) is 19.1. The number of aryl methyl sites for hydroxylation is 2. The summed E-state index contributed by atoms with van der Waals surface area (Å²) in [5.74, 6) is 1.31. The van der Waals surface area contributed by atoms with Crippen LogP contribution in [-0.4, -0.2) is 44.9 Å². The monoisotopic (exact) mass is 709 g/mol. The summed E-state index contributed by atoms with van der Waals surface area (Å²) in [6, 6.07) is 22.1. The van der Waals surface area contributed by atoms with Gasteiger partial charge in [-0.25, -0.2) is 0 Å². The number of phenolic OH excluding ortho intramolecular Hbond substituents is 2. The maximum atomic E-state index is 14.5. The molecule has 8 nitrogen and oxygen atoms in total. The van der Waals surface area contributed by atoms with Gasteiger partial charge in [0.25, 0.3) is 0 Å². The van der Waals surface area contributed by atoms with Crippen LogP contribution in [-0.2, 0) is 41.7 Å². The number of unbranched alkanes of at least 4 members (excludes halogenated alkanes) is 1. The van der Waals surface area contributed by atoms with Crippen molar-refractivity contribution in [3.63, 3.8) is 0 Å². The van der Waals surface area contributed by atoms with Crippen LogP contribution in [0.2, 0.25) is 0 Å². The van der Waals surface area contributed by atoms with E-state index < -0.39 is 5.92 Å². The van der Waals surface area contributed by atoms with Gasteiger partial charge in [-0.2, -0.15) is 0 Å². The molecule has 0 spiro atoms. The predicted molar refractivity (Wildman–Crippen MR) is 207 cm³/mol. The molecule has 2 unspecified atom stereocenters. The minimum atomic E-state index is -0.436. The molecular formula is C45H47N3O5. The molecule has 0 radical (unpaired) electrons. The average Bonchev–Trinajstić information content (AvgIpc) is 3.82. The Kier molecular flexibility index (Phi) is 9.94. The number of ketones is 2. The molecule has 8 rings (SSSR count). The summed E-state index contributed by atoms with van der Waals surface area (Å²) in [6.07, 6.45) is 13.0. The lowest BCUT2D eigenvalue weighted by molar-refractivity contribution is -0.129. The number of H-pyrrole nitrogens is 2. The number of benzene rings is 3. The molecular weight excluding hydrogens is 663 g/mol. The minimum Gasteiger partial charge on any atom is -0.508 e. The predicted octanol–water partition coefficient (Wildman–Crippen LogP) is 8.36. The first kappa shape index (κ1) is 34.6. The van der Waals surface area contributed by atoms with Crippen LogP contribution < -0.4 is 10.1 Å². The van der Waals surface area contributed by atoms with Crippen molar-refractivity contribution >= 4 is 23.5 Å². The minimum absolute atomic E-state index is 0.0368. The quantitative estimate of drug-likeness (QED) is 0.0922. The van der Waals surface area contributed by atoms with E-state index in [2.05, 4.69) is 63.8 Å². The second-order valence-corrected chi connectivity index (χ2v) is 15.0. The average molecular weight is 710 g/mol. The van der Waals surface area contributed by atoms with Gasteiger partial charge in [0, 0.05) is 60.9 Å². The van der Waals surface area contributed by atoms with Gasteiger partial charge < -0.3 is 30.2 Å². The van der Waals surface area contributed by atoms with Crippen molar-refractivity contribution in [2.45, 2.75) is 76.5 Å². The number of Topliss-reactive ketones (excluding diaryl/α,β-unsaturated/α-hetero) is 2. The molecule has 272 valence electrons. The zero-order valence-electron chi connectivity index (χ0n) is 30.0. The fourth-order valence-corrected chi connectivity index (χ4v) is 8.75. The molecule has 3 aromatic carbocycles. The number of phenols is 2. The van der Waals surface area contributed by atoms with Crippen LogP contribution in [0.25, 0.3) is 6.08 Å². The van der Waals surface area contributed by atoms with Crippen molar-refractivity contribution in [3.8, 4) is 17.2 Å². The Morgan fingerprint density at radius 2 is 1.62 bits per heavy atom. The number of anilines is 1. The SMILES string of the molecule is O=C1CCc2cc(c(O)c3c2CCCO3)Cc2cccc(c2)Cc2cc[nH]c2NCC2=Cc3[nH]ccc3C(CCCCc3cccc(O)c3)C2C(=O)C1. The number of hydrogen-bond donors (Lipinski definition) is 5. The highest BCUT2D eigenvalue weighted by Crippen LogP contribution is 2.44. The van der Waals surface area contributed by atoms with Crippen molar-refractivity contribution in [3.05, 3.63) is 135 Å². The Morgan fingerprint density at radius 3 is 2.49 bits per heavy atom. The Labute approximate surface area is 310 Å². The van der Waals surface area contributed by atoms with Crippen molar-refractivity contribution in [2.24, 2.45) is 5.92 Å². The summed E-state index contributed by atoms with van der Waals surface area (Å²) >= 11 is 0. The molecule has 1 aliphatic carbocycles. The standard InChI is InChI=1S/C45H47N3O5/c49-35-10-4-7-28(23-35)6-1-2-11-39-38-16-18-46-40(38)25-34-27-48-45-32(15-17-47-45)21-29-8-3-9-30(20-29)22-33-24-31(13-14-36(50)26-41(51)42(34)39)37-12-5-19-53-44(37)43(33)52/h3-4,7-10,15-18,20,23-25,39,42,46-49,52H,1-2,5-6,11-14,19,21-22,26-27H2. The van der Waals surface area contributed by atoms with Crippen LogP contribution in [0.15, 0.2) is 84.7 Å². The number of carbonyl (C=O) groups is 2. The fourth-order valence-electron chi connectivity index (χ4n) is 8.75. The molecule has 3 aliphatic rings. The van der Waals surface area contributed by atoms with E-state index in [0.717, 1.165) is 100 Å². The van der Waals surface area contributed by atoms with Gasteiger partial charge in [-0.05, 0) is 114 Å². The van der Waals surface area contributed by atoms with Gasteiger partial charge in [-0.1, -0.05) is 48.9 Å². The van der Waals surface area contributed by atoms with Crippen LogP contribution in [0.1, 0.15) is 94.6 Å². The van der Waals surface area contributed by atoms with E-state index in [1.807, 2.05) is 30.6 Å². The molecule has 0 saturated carbocycles. The number of fused-ring (bicyclic) bond motifs is 9. The molecule has 0 fully saturated rings. The molecule has 5 N–H and O–H groups in total. The third-order valence-corrected chi connectivity index (χ3v) is 11.3. The van der Waals surface area contributed by atoms with Gasteiger partial charge in [0.05, 0.1) is 13.0 Å². The lowest BCUT2D eigenvalue weighted by Crippen LogP contribution is -2.31. The van der Waals surface area contributed by atoms with E-state index >= 15 is 0 Å². The van der Waals surface area contributed by atoms with Gasteiger partial charge in [-0.15, -0.1) is 0 Å². The van der Waals surface area contributed by atoms with E-state index in [0.29, 0.717) is 38.2 Å². The Balaban J connectivity index is 1.12. The van der Waals surface area contributed by atoms with E-state index in [1.165, 1.54) is 0 Å². The van der Waals surface area contributed by atoms with Gasteiger partial charge >= 0.3 is 0 Å². The number of aromatic amines is 2. The van der Waals surface area contributed by atoms with Crippen LogP contribution in [0.4, 0.5) is 5.82 Å². The Morgan fingerprint density at radius 1 is 0.792 bits per heavy atom. The summed E-state index contributed by atoms with van der Waals surface area (Å²) in [5, 5.41) is 24.9. The van der Waals surface area contributed by atoms with Gasteiger partial charge in [0.15, 0.2) is 11.5 Å². The smallest absolute Gasteiger partial charge is 0.164 e. The van der Waals surface area contributed by atoms with Crippen molar-refractivity contribution in [1.82, 2.24) is 9.97 Å². The number of rotatable bonds is 5. The molecule has 4 bridgehead atoms. The van der Waals surface area contributed by atoms with Gasteiger partial charge in [0.1, 0.15) is 23.1 Å². The van der Waals surface area contributed by atoms with Crippen LogP contribution in [0.3, 0.4) is 0 Å². The molecule has 0 amide bonds. The number of hydrogen-bond acceptors (Lipinski definition) is 6. The Hall–Kier alpha value is -5.50. The highest BCUT2D eigenvalue weighted by Gasteiger charge is 2.37. The molecule has 2 aliphatic heterocycles. The Bertz CT molecular complexity index is 2170. The number of aromatic nitrogens is 2. The zero-order valence-corrected chi connectivity index (χ0v) is 30.0. The molecule has 0 saturated heterocycles. The largest absolute Gasteiger partial charge is 0.508 e. The third kappa shape index (κ3) is 7.54. The van der Waals surface area contributed by atoms with E-state index in [1.54, 1.807) is 6.07 Å². The molecule has 8 heteroatoms. The second kappa shape index (κ2) is 15.2. The number of aromatic hydroxyl groups is 2. The van der Waals surface area contributed by atoms with Crippen molar-refractivity contribution < 1.29 is 24.5 Å². The summed E-state index contributed by atoms with van der Waals surface area (Å²) < 4.78 is 6.03. The molecule has 5 aromatic rings. The third-order valence-electron chi connectivity index (χ3n) is 11.3. The molecule has 2 aromatic heterocycles. The van der Waals surface area contributed by atoms with Crippen molar-refractivity contribution in [2.75, 3.05) is 18.5 Å². The summed E-state index contributed by atoms with van der Waals surface area (Å²) in [5.41, 5.74) is 10.4. The summed E-state index contributed by atoms with van der Waals surface area (Å²) in [7, 11) is 0. The summed E-state index contributed by atoms with van der Waals surface area (Å²) in [6.45, 7) is 1.02. The maximum Gasteiger partial charge on any atom is 0.164 e. The summed E-state index contributed by atoms with van der Waals surface area (Å²) in [4.78, 5) is 35.1. The van der Waals surface area contributed by atoms with Gasteiger partial charge in [-0.3, -0.25) is 9.59 Å². The first-order chi connectivity index (χ1) is 25.9. The maximum absolute atomic E-state index is 14.5.